The molecule has 1 rings (SSSR count). The largest absolute Gasteiger partial charge is 0.381 e. The molecule has 0 saturated carbocycles. The summed E-state index contributed by atoms with van der Waals surface area (Å²) in [4.78, 5) is 3.83. The van der Waals surface area contributed by atoms with Crippen LogP contribution in [0.15, 0.2) is 6.33 Å². The third-order valence-electron chi connectivity index (χ3n) is 1.48. The minimum absolute atomic E-state index is 0.231. The van der Waals surface area contributed by atoms with Crippen molar-refractivity contribution in [1.82, 2.24) is 9.55 Å². The van der Waals surface area contributed by atoms with Crippen molar-refractivity contribution >= 4 is 5.82 Å². The third kappa shape index (κ3) is 1.17. The van der Waals surface area contributed by atoms with Crippen molar-refractivity contribution in [3.63, 3.8) is 0 Å². The summed E-state index contributed by atoms with van der Waals surface area (Å²) in [5, 5.41) is 8.65. The van der Waals surface area contributed by atoms with Gasteiger partial charge >= 0.3 is 0 Å². The standard InChI is InChI=1S/C7H10N4/c1-5(2)11-4-10-7(9)6(11)3-8/h4-5H,9H2,1-2H3. The molecule has 0 spiro atoms. The van der Waals surface area contributed by atoms with Crippen LogP contribution < -0.4 is 5.73 Å². The topological polar surface area (TPSA) is 67.6 Å². The van der Waals surface area contributed by atoms with Gasteiger partial charge in [0.15, 0.2) is 11.5 Å². The predicted molar refractivity (Wildman–Crippen MR) is 41.7 cm³/mol. The van der Waals surface area contributed by atoms with Gasteiger partial charge in [-0.15, -0.1) is 0 Å². The van der Waals surface area contributed by atoms with Crippen LogP contribution in [0.3, 0.4) is 0 Å². The number of hydrogen-bond acceptors (Lipinski definition) is 3. The minimum atomic E-state index is 0.231. The normalized spacial score (nSPS) is 10.0. The second-order valence-electron chi connectivity index (χ2n) is 2.59. The molecule has 0 fully saturated rings. The molecule has 0 amide bonds. The highest BCUT2D eigenvalue weighted by Gasteiger charge is 2.08. The lowest BCUT2D eigenvalue weighted by Crippen LogP contribution is -2.02. The first kappa shape index (κ1) is 7.61. The Morgan fingerprint density at radius 2 is 2.36 bits per heavy atom. The first-order valence-electron chi connectivity index (χ1n) is 3.39. The van der Waals surface area contributed by atoms with Gasteiger partial charge < -0.3 is 10.3 Å². The lowest BCUT2D eigenvalue weighted by molar-refractivity contribution is 0.594. The molecule has 0 unspecified atom stereocenters. The van der Waals surface area contributed by atoms with Crippen molar-refractivity contribution in [2.75, 3.05) is 5.73 Å². The van der Waals surface area contributed by atoms with Gasteiger partial charge in [0, 0.05) is 6.04 Å². The predicted octanol–water partition coefficient (Wildman–Crippen LogP) is 0.918. The molecule has 0 aromatic carbocycles. The van der Waals surface area contributed by atoms with Crippen LogP contribution in [0.1, 0.15) is 25.6 Å². The number of imidazole rings is 1. The van der Waals surface area contributed by atoms with Crippen LogP contribution in [0, 0.1) is 11.3 Å². The number of anilines is 1. The Kier molecular flexibility index (Phi) is 1.81. The van der Waals surface area contributed by atoms with Crippen LogP contribution in [0.2, 0.25) is 0 Å². The fraction of sp³-hybridized carbons (Fsp3) is 0.429. The summed E-state index contributed by atoms with van der Waals surface area (Å²) < 4.78 is 1.75. The SMILES string of the molecule is CC(C)n1cnc(N)c1C#N. The van der Waals surface area contributed by atoms with E-state index in [1.807, 2.05) is 19.9 Å². The fourth-order valence-corrected chi connectivity index (χ4v) is 0.882. The van der Waals surface area contributed by atoms with Crippen molar-refractivity contribution in [2.45, 2.75) is 19.9 Å². The molecule has 0 aliphatic heterocycles. The van der Waals surface area contributed by atoms with E-state index in [4.69, 9.17) is 11.0 Å². The van der Waals surface area contributed by atoms with Crippen molar-refractivity contribution < 1.29 is 0 Å². The molecule has 4 heteroatoms. The van der Waals surface area contributed by atoms with E-state index in [1.165, 1.54) is 0 Å². The van der Waals surface area contributed by atoms with E-state index in [9.17, 15) is 0 Å². The molecule has 4 nitrogen and oxygen atoms in total. The van der Waals surface area contributed by atoms with E-state index in [-0.39, 0.29) is 6.04 Å². The van der Waals surface area contributed by atoms with E-state index in [1.54, 1.807) is 10.9 Å². The van der Waals surface area contributed by atoms with Crippen LogP contribution in [-0.2, 0) is 0 Å². The Balaban J connectivity index is 3.19. The molecular formula is C7H10N4. The number of nitrogens with two attached hydrogens (primary N) is 1. The van der Waals surface area contributed by atoms with Gasteiger partial charge in [-0.05, 0) is 13.8 Å². The van der Waals surface area contributed by atoms with Gasteiger partial charge in [0.05, 0.1) is 6.33 Å². The molecule has 0 atom stereocenters. The van der Waals surface area contributed by atoms with Crippen molar-refractivity contribution in [3.8, 4) is 6.07 Å². The Morgan fingerprint density at radius 1 is 1.73 bits per heavy atom. The van der Waals surface area contributed by atoms with Gasteiger partial charge in [0.2, 0.25) is 0 Å². The van der Waals surface area contributed by atoms with Crippen molar-refractivity contribution in [1.29, 1.82) is 5.26 Å². The summed E-state index contributed by atoms with van der Waals surface area (Å²) in [5.74, 6) is 0.307. The van der Waals surface area contributed by atoms with Crippen molar-refractivity contribution in [2.24, 2.45) is 0 Å². The van der Waals surface area contributed by atoms with Gasteiger partial charge in [-0.3, -0.25) is 0 Å². The molecule has 0 saturated heterocycles. The van der Waals surface area contributed by atoms with Gasteiger partial charge in [-0.2, -0.15) is 5.26 Å². The summed E-state index contributed by atoms with van der Waals surface area (Å²) in [6, 6.07) is 2.23. The second-order valence-corrected chi connectivity index (χ2v) is 2.59. The summed E-state index contributed by atoms with van der Waals surface area (Å²) in [6.45, 7) is 3.95. The molecule has 58 valence electrons. The monoisotopic (exact) mass is 150 g/mol. The molecule has 1 heterocycles. The van der Waals surface area contributed by atoms with Gasteiger partial charge in [0.1, 0.15) is 6.07 Å². The molecule has 0 aliphatic carbocycles. The Morgan fingerprint density at radius 3 is 2.73 bits per heavy atom. The first-order valence-corrected chi connectivity index (χ1v) is 3.39. The summed E-state index contributed by atoms with van der Waals surface area (Å²) in [5.41, 5.74) is 5.88. The molecule has 1 aromatic heterocycles. The van der Waals surface area contributed by atoms with E-state index in [0.29, 0.717) is 11.5 Å². The van der Waals surface area contributed by atoms with E-state index >= 15 is 0 Å². The zero-order chi connectivity index (χ0) is 8.43. The quantitative estimate of drug-likeness (QED) is 0.647. The lowest BCUT2D eigenvalue weighted by atomic mass is 10.3. The van der Waals surface area contributed by atoms with E-state index in [0.717, 1.165) is 0 Å². The average Bonchev–Trinajstić information content (AvgIpc) is 2.30. The smallest absolute Gasteiger partial charge is 0.164 e. The summed E-state index contributed by atoms with van der Waals surface area (Å²) in [6.07, 6.45) is 1.58. The number of hydrogen-bond donors (Lipinski definition) is 1. The number of nitrogen functional groups attached to an aromatic ring is 1. The number of nitriles is 1. The Labute approximate surface area is 65.3 Å². The Bertz CT molecular complexity index is 292. The molecule has 11 heavy (non-hydrogen) atoms. The molecule has 0 radical (unpaired) electrons. The number of aromatic nitrogens is 2. The number of rotatable bonds is 1. The number of nitrogens with zero attached hydrogens (tertiary/aromatic N) is 3. The van der Waals surface area contributed by atoms with Gasteiger partial charge in [0.25, 0.3) is 0 Å². The Hall–Kier alpha value is -1.50. The molecule has 2 N–H and O–H groups in total. The third-order valence-corrected chi connectivity index (χ3v) is 1.48. The maximum absolute atomic E-state index is 8.65. The highest BCUT2D eigenvalue weighted by atomic mass is 15.1. The van der Waals surface area contributed by atoms with Crippen LogP contribution in [0.4, 0.5) is 5.82 Å². The van der Waals surface area contributed by atoms with Gasteiger partial charge in [-0.25, -0.2) is 4.98 Å². The van der Waals surface area contributed by atoms with Crippen LogP contribution in [-0.4, -0.2) is 9.55 Å². The van der Waals surface area contributed by atoms with Crippen molar-refractivity contribution in [3.05, 3.63) is 12.0 Å². The van der Waals surface area contributed by atoms with Crippen LogP contribution in [0.5, 0.6) is 0 Å². The first-order chi connectivity index (χ1) is 5.16. The van der Waals surface area contributed by atoms with E-state index in [2.05, 4.69) is 4.98 Å². The maximum Gasteiger partial charge on any atom is 0.164 e. The fourth-order valence-electron chi connectivity index (χ4n) is 0.882. The maximum atomic E-state index is 8.65. The van der Waals surface area contributed by atoms with E-state index < -0.39 is 0 Å². The summed E-state index contributed by atoms with van der Waals surface area (Å²) in [7, 11) is 0. The minimum Gasteiger partial charge on any atom is -0.381 e. The highest BCUT2D eigenvalue weighted by molar-refractivity contribution is 5.44. The molecule has 1 aromatic rings. The summed E-state index contributed by atoms with van der Waals surface area (Å²) >= 11 is 0. The molecular weight excluding hydrogens is 140 g/mol. The zero-order valence-electron chi connectivity index (χ0n) is 6.57. The second kappa shape index (κ2) is 2.62. The zero-order valence-corrected chi connectivity index (χ0v) is 6.57. The molecule has 0 bridgehead atoms. The molecule has 0 aliphatic rings. The van der Waals surface area contributed by atoms with Gasteiger partial charge in [-0.1, -0.05) is 0 Å². The lowest BCUT2D eigenvalue weighted by Gasteiger charge is -2.05. The van der Waals surface area contributed by atoms with Crippen LogP contribution >= 0.6 is 0 Å². The van der Waals surface area contributed by atoms with Crippen LogP contribution in [0.25, 0.3) is 0 Å². The highest BCUT2D eigenvalue weighted by Crippen LogP contribution is 2.13. The average molecular weight is 150 g/mol.